The fourth-order valence-corrected chi connectivity index (χ4v) is 1.61. The summed E-state index contributed by atoms with van der Waals surface area (Å²) in [6, 6.07) is 3.19. The molecule has 0 aliphatic rings. The highest BCUT2D eigenvalue weighted by atomic mass is 16.1. The first-order valence-corrected chi connectivity index (χ1v) is 5.62. The smallest absolute Gasteiger partial charge is 0.251 e. The van der Waals surface area contributed by atoms with E-state index in [0.29, 0.717) is 17.9 Å². The van der Waals surface area contributed by atoms with Gasteiger partial charge in [0.2, 0.25) is 0 Å². The normalized spacial score (nSPS) is 10.3. The lowest BCUT2D eigenvalue weighted by Crippen LogP contribution is -2.25. The number of carbonyl (C=O) groups excluding carboxylic acids is 1. The zero-order valence-electron chi connectivity index (χ0n) is 10.1. The average molecular weight is 245 g/mol. The van der Waals surface area contributed by atoms with Gasteiger partial charge in [-0.2, -0.15) is 5.10 Å². The lowest BCUT2D eigenvalue weighted by Gasteiger charge is -2.04. The van der Waals surface area contributed by atoms with E-state index in [9.17, 15) is 4.79 Å². The van der Waals surface area contributed by atoms with E-state index in [2.05, 4.69) is 15.4 Å². The number of pyridine rings is 1. The van der Waals surface area contributed by atoms with Crippen LogP contribution >= 0.6 is 0 Å². The third kappa shape index (κ3) is 3.07. The van der Waals surface area contributed by atoms with Crippen molar-refractivity contribution in [3.63, 3.8) is 0 Å². The molecule has 0 aromatic carbocycles. The second-order valence-electron chi connectivity index (χ2n) is 4.00. The van der Waals surface area contributed by atoms with E-state index < -0.39 is 0 Å². The van der Waals surface area contributed by atoms with Crippen LogP contribution in [0.15, 0.2) is 30.7 Å². The van der Waals surface area contributed by atoms with Crippen molar-refractivity contribution in [2.75, 3.05) is 12.3 Å². The minimum atomic E-state index is -0.145. The number of carbonyl (C=O) groups is 1. The Morgan fingerprint density at radius 3 is 3.06 bits per heavy atom. The molecule has 2 aromatic rings. The summed E-state index contributed by atoms with van der Waals surface area (Å²) in [5.41, 5.74) is 7.13. The van der Waals surface area contributed by atoms with Crippen LogP contribution in [0.25, 0.3) is 0 Å². The van der Waals surface area contributed by atoms with Crippen molar-refractivity contribution in [1.82, 2.24) is 20.1 Å². The molecule has 6 nitrogen and oxygen atoms in total. The molecule has 0 fully saturated rings. The van der Waals surface area contributed by atoms with Crippen LogP contribution < -0.4 is 11.1 Å². The number of aryl methyl sites for hydroxylation is 1. The topological polar surface area (TPSA) is 85.8 Å². The Kier molecular flexibility index (Phi) is 3.57. The number of anilines is 1. The van der Waals surface area contributed by atoms with Crippen LogP contribution in [0.5, 0.6) is 0 Å². The molecule has 0 unspecified atom stereocenters. The van der Waals surface area contributed by atoms with Crippen LogP contribution in [0.4, 0.5) is 5.82 Å². The summed E-state index contributed by atoms with van der Waals surface area (Å²) < 4.78 is 1.74. The van der Waals surface area contributed by atoms with Crippen molar-refractivity contribution in [3.8, 4) is 0 Å². The maximum Gasteiger partial charge on any atom is 0.251 e. The van der Waals surface area contributed by atoms with E-state index in [1.165, 1.54) is 6.20 Å². The number of hydrogen-bond acceptors (Lipinski definition) is 4. The Bertz CT molecular complexity index is 549. The predicted molar refractivity (Wildman–Crippen MR) is 67.9 cm³/mol. The van der Waals surface area contributed by atoms with Gasteiger partial charge in [0, 0.05) is 31.5 Å². The molecule has 0 saturated heterocycles. The molecule has 0 aliphatic carbocycles. The summed E-state index contributed by atoms with van der Waals surface area (Å²) >= 11 is 0. The van der Waals surface area contributed by atoms with Crippen molar-refractivity contribution < 1.29 is 4.79 Å². The molecule has 94 valence electrons. The van der Waals surface area contributed by atoms with Gasteiger partial charge in [-0.05, 0) is 24.1 Å². The standard InChI is InChI=1S/C12H15N5O/c1-17-8-9(7-16-17)2-4-15-12(18)10-3-5-14-11(13)6-10/h3,5-8H,2,4H2,1H3,(H2,13,14)(H,15,18). The zero-order valence-corrected chi connectivity index (χ0v) is 10.1. The Labute approximate surface area is 105 Å². The van der Waals surface area contributed by atoms with Crippen molar-refractivity contribution in [1.29, 1.82) is 0 Å². The fraction of sp³-hybridized carbons (Fsp3) is 0.250. The largest absolute Gasteiger partial charge is 0.384 e. The molecule has 0 radical (unpaired) electrons. The molecule has 0 spiro atoms. The monoisotopic (exact) mass is 245 g/mol. The first kappa shape index (κ1) is 12.1. The molecular formula is C12H15N5O. The summed E-state index contributed by atoms with van der Waals surface area (Å²) in [5.74, 6) is 0.197. The SMILES string of the molecule is Cn1cc(CCNC(=O)c2ccnc(N)c2)cn1. The van der Waals surface area contributed by atoms with Crippen LogP contribution in [0.2, 0.25) is 0 Å². The number of hydrogen-bond donors (Lipinski definition) is 2. The van der Waals surface area contributed by atoms with E-state index in [0.717, 1.165) is 12.0 Å². The van der Waals surface area contributed by atoms with Crippen molar-refractivity contribution in [2.45, 2.75) is 6.42 Å². The molecule has 6 heteroatoms. The van der Waals surface area contributed by atoms with Gasteiger partial charge in [-0.3, -0.25) is 9.48 Å². The highest BCUT2D eigenvalue weighted by Gasteiger charge is 2.05. The molecule has 2 rings (SSSR count). The molecule has 3 N–H and O–H groups in total. The summed E-state index contributed by atoms with van der Waals surface area (Å²) in [7, 11) is 1.86. The summed E-state index contributed by atoms with van der Waals surface area (Å²) in [4.78, 5) is 15.6. The number of rotatable bonds is 4. The third-order valence-electron chi connectivity index (χ3n) is 2.50. The molecular weight excluding hydrogens is 230 g/mol. The van der Waals surface area contributed by atoms with Crippen LogP contribution in [0.3, 0.4) is 0 Å². The number of aromatic nitrogens is 3. The summed E-state index contributed by atoms with van der Waals surface area (Å²) in [6.07, 6.45) is 5.98. The fourth-order valence-electron chi connectivity index (χ4n) is 1.61. The molecule has 0 atom stereocenters. The van der Waals surface area contributed by atoms with Gasteiger partial charge >= 0.3 is 0 Å². The molecule has 0 aliphatic heterocycles. The molecule has 0 bridgehead atoms. The lowest BCUT2D eigenvalue weighted by atomic mass is 10.2. The molecule has 2 aromatic heterocycles. The maximum atomic E-state index is 11.8. The van der Waals surface area contributed by atoms with E-state index in [1.807, 2.05) is 13.2 Å². The molecule has 18 heavy (non-hydrogen) atoms. The first-order valence-electron chi connectivity index (χ1n) is 5.62. The van der Waals surface area contributed by atoms with Gasteiger partial charge in [0.05, 0.1) is 6.20 Å². The van der Waals surface area contributed by atoms with Crippen molar-refractivity contribution in [3.05, 3.63) is 41.9 Å². The van der Waals surface area contributed by atoms with Gasteiger partial charge in [-0.25, -0.2) is 4.98 Å². The summed E-state index contributed by atoms with van der Waals surface area (Å²) in [5, 5.41) is 6.89. The summed E-state index contributed by atoms with van der Waals surface area (Å²) in [6.45, 7) is 0.562. The highest BCUT2D eigenvalue weighted by Crippen LogP contribution is 2.03. The second kappa shape index (κ2) is 5.31. The second-order valence-corrected chi connectivity index (χ2v) is 4.00. The third-order valence-corrected chi connectivity index (χ3v) is 2.50. The van der Waals surface area contributed by atoms with Gasteiger partial charge in [-0.1, -0.05) is 0 Å². The van der Waals surface area contributed by atoms with E-state index in [4.69, 9.17) is 5.73 Å². The van der Waals surface area contributed by atoms with Gasteiger partial charge in [0.1, 0.15) is 5.82 Å². The van der Waals surface area contributed by atoms with E-state index in [1.54, 1.807) is 23.0 Å². The van der Waals surface area contributed by atoms with Crippen LogP contribution in [-0.2, 0) is 13.5 Å². The van der Waals surface area contributed by atoms with Crippen LogP contribution in [-0.4, -0.2) is 27.2 Å². The van der Waals surface area contributed by atoms with Crippen LogP contribution in [0, 0.1) is 0 Å². The molecule has 0 saturated carbocycles. The minimum absolute atomic E-state index is 0.145. The number of nitrogen functional groups attached to an aromatic ring is 1. The Morgan fingerprint density at radius 2 is 2.39 bits per heavy atom. The zero-order chi connectivity index (χ0) is 13.0. The molecule has 1 amide bonds. The number of nitrogens with zero attached hydrogens (tertiary/aromatic N) is 3. The quantitative estimate of drug-likeness (QED) is 0.814. The van der Waals surface area contributed by atoms with Crippen molar-refractivity contribution >= 4 is 11.7 Å². The Balaban J connectivity index is 1.85. The average Bonchev–Trinajstić information content (AvgIpc) is 2.75. The van der Waals surface area contributed by atoms with Gasteiger partial charge in [-0.15, -0.1) is 0 Å². The number of nitrogens with one attached hydrogen (secondary N) is 1. The van der Waals surface area contributed by atoms with E-state index in [-0.39, 0.29) is 5.91 Å². The Hall–Kier alpha value is -2.37. The van der Waals surface area contributed by atoms with Gasteiger partial charge < -0.3 is 11.1 Å². The first-order chi connectivity index (χ1) is 8.65. The minimum Gasteiger partial charge on any atom is -0.384 e. The predicted octanol–water partition coefficient (Wildman–Crippen LogP) is 0.370. The van der Waals surface area contributed by atoms with Gasteiger partial charge in [0.15, 0.2) is 0 Å². The van der Waals surface area contributed by atoms with Crippen molar-refractivity contribution in [2.24, 2.45) is 7.05 Å². The number of amides is 1. The lowest BCUT2D eigenvalue weighted by molar-refractivity contribution is 0.0954. The van der Waals surface area contributed by atoms with Crippen LogP contribution in [0.1, 0.15) is 15.9 Å². The Morgan fingerprint density at radius 1 is 1.56 bits per heavy atom. The maximum absolute atomic E-state index is 11.8. The van der Waals surface area contributed by atoms with E-state index >= 15 is 0 Å². The molecule has 2 heterocycles. The highest BCUT2D eigenvalue weighted by molar-refractivity contribution is 5.94. The number of nitrogens with two attached hydrogens (primary N) is 1. The van der Waals surface area contributed by atoms with Gasteiger partial charge in [0.25, 0.3) is 5.91 Å².